The van der Waals surface area contributed by atoms with Gasteiger partial charge in [0, 0.05) is 25.0 Å². The van der Waals surface area contributed by atoms with Crippen molar-refractivity contribution in [3.8, 4) is 0 Å². The number of nitrogens with zero attached hydrogens (tertiary/aromatic N) is 2. The van der Waals surface area contributed by atoms with Gasteiger partial charge in [0.25, 0.3) is 0 Å². The minimum atomic E-state index is -0.671. The van der Waals surface area contributed by atoms with Gasteiger partial charge in [-0.25, -0.2) is 4.98 Å². The molecule has 0 bridgehead atoms. The van der Waals surface area contributed by atoms with Gasteiger partial charge in [-0.2, -0.15) is 0 Å². The zero-order valence-electron chi connectivity index (χ0n) is 10.1. The van der Waals surface area contributed by atoms with Crippen molar-refractivity contribution < 1.29 is 9.90 Å². The van der Waals surface area contributed by atoms with Gasteiger partial charge in [0.2, 0.25) is 5.95 Å². The minimum Gasteiger partial charge on any atom is -0.481 e. The fraction of sp³-hybridized carbons (Fsp3) is 0.667. The van der Waals surface area contributed by atoms with E-state index in [0.29, 0.717) is 6.42 Å². The first-order chi connectivity index (χ1) is 8.20. The summed E-state index contributed by atoms with van der Waals surface area (Å²) in [6.07, 6.45) is 7.20. The molecule has 0 aromatic carbocycles. The molecule has 1 fully saturated rings. The maximum atomic E-state index is 11.0. The first-order valence-corrected chi connectivity index (χ1v) is 6.21. The molecule has 0 aliphatic heterocycles. The van der Waals surface area contributed by atoms with E-state index in [9.17, 15) is 4.79 Å². The van der Waals surface area contributed by atoms with Crippen LogP contribution in [0.2, 0.25) is 0 Å². The van der Waals surface area contributed by atoms with Gasteiger partial charge in [-0.05, 0) is 26.2 Å². The van der Waals surface area contributed by atoms with Gasteiger partial charge in [-0.1, -0.05) is 6.42 Å². The summed E-state index contributed by atoms with van der Waals surface area (Å²) in [5.74, 6) is -0.0230. The fourth-order valence-corrected chi connectivity index (χ4v) is 2.43. The average molecular weight is 237 g/mol. The van der Waals surface area contributed by atoms with Crippen molar-refractivity contribution in [2.24, 2.45) is 5.92 Å². The van der Waals surface area contributed by atoms with Gasteiger partial charge in [0.15, 0.2) is 0 Å². The van der Waals surface area contributed by atoms with Crippen LogP contribution in [0.5, 0.6) is 0 Å². The molecule has 0 radical (unpaired) electrons. The van der Waals surface area contributed by atoms with Crippen LogP contribution >= 0.6 is 0 Å². The summed E-state index contributed by atoms with van der Waals surface area (Å²) in [5, 5.41) is 12.4. The Morgan fingerprint density at radius 2 is 2.47 bits per heavy atom. The molecule has 2 unspecified atom stereocenters. The number of rotatable bonds is 4. The number of aliphatic carboxylic acids is 1. The highest BCUT2D eigenvalue weighted by atomic mass is 16.4. The SMILES string of the molecule is CCn1ccnc1NC1CCCC(C(=O)O)C1. The van der Waals surface area contributed by atoms with E-state index in [0.717, 1.165) is 31.8 Å². The molecule has 0 saturated heterocycles. The summed E-state index contributed by atoms with van der Waals surface area (Å²) in [5.41, 5.74) is 0. The molecule has 1 heterocycles. The van der Waals surface area contributed by atoms with E-state index < -0.39 is 5.97 Å². The summed E-state index contributed by atoms with van der Waals surface area (Å²) in [4.78, 5) is 15.2. The number of aromatic nitrogens is 2. The summed E-state index contributed by atoms with van der Waals surface area (Å²) in [7, 11) is 0. The molecule has 5 heteroatoms. The smallest absolute Gasteiger partial charge is 0.306 e. The van der Waals surface area contributed by atoms with Crippen LogP contribution in [0.15, 0.2) is 12.4 Å². The standard InChI is InChI=1S/C12H19N3O2/c1-2-15-7-6-13-12(15)14-10-5-3-4-9(8-10)11(16)17/h6-7,9-10H,2-5,8H2,1H3,(H,13,14)(H,16,17). The largest absolute Gasteiger partial charge is 0.481 e. The van der Waals surface area contributed by atoms with Gasteiger partial charge >= 0.3 is 5.97 Å². The highest BCUT2D eigenvalue weighted by Crippen LogP contribution is 2.26. The van der Waals surface area contributed by atoms with Crippen LogP contribution in [0, 0.1) is 5.92 Å². The lowest BCUT2D eigenvalue weighted by molar-refractivity contribution is -0.142. The van der Waals surface area contributed by atoms with E-state index in [1.54, 1.807) is 6.20 Å². The molecule has 0 spiro atoms. The number of carboxylic acids is 1. The number of imidazole rings is 1. The van der Waals surface area contributed by atoms with Crippen LogP contribution in [0.1, 0.15) is 32.6 Å². The third-order valence-corrected chi connectivity index (χ3v) is 3.41. The molecule has 17 heavy (non-hydrogen) atoms. The number of hydrogen-bond donors (Lipinski definition) is 2. The minimum absolute atomic E-state index is 0.203. The van der Waals surface area contributed by atoms with Crippen LogP contribution in [-0.2, 0) is 11.3 Å². The van der Waals surface area contributed by atoms with Gasteiger partial charge < -0.3 is 15.0 Å². The van der Waals surface area contributed by atoms with Crippen molar-refractivity contribution in [1.29, 1.82) is 0 Å². The normalized spacial score (nSPS) is 24.5. The Labute approximate surface area is 101 Å². The Bertz CT molecular complexity index is 389. The molecule has 2 N–H and O–H groups in total. The van der Waals surface area contributed by atoms with E-state index >= 15 is 0 Å². The zero-order chi connectivity index (χ0) is 12.3. The van der Waals surface area contributed by atoms with E-state index in [1.807, 2.05) is 10.8 Å². The van der Waals surface area contributed by atoms with E-state index in [4.69, 9.17) is 5.11 Å². The average Bonchev–Trinajstić information content (AvgIpc) is 2.76. The second kappa shape index (κ2) is 5.21. The van der Waals surface area contributed by atoms with E-state index in [2.05, 4.69) is 17.2 Å². The first-order valence-electron chi connectivity index (χ1n) is 6.21. The molecule has 1 aromatic rings. The molecular weight excluding hydrogens is 218 g/mol. The highest BCUT2D eigenvalue weighted by Gasteiger charge is 2.27. The number of anilines is 1. The van der Waals surface area contributed by atoms with Crippen LogP contribution in [0.25, 0.3) is 0 Å². The number of hydrogen-bond acceptors (Lipinski definition) is 3. The predicted octanol–water partition coefficient (Wildman–Crippen LogP) is 1.96. The van der Waals surface area contributed by atoms with E-state index in [-0.39, 0.29) is 12.0 Å². The number of carbonyl (C=O) groups is 1. The lowest BCUT2D eigenvalue weighted by atomic mass is 9.86. The van der Waals surface area contributed by atoms with Crippen molar-refractivity contribution >= 4 is 11.9 Å². The van der Waals surface area contributed by atoms with E-state index in [1.165, 1.54) is 0 Å². The van der Waals surface area contributed by atoms with Crippen LogP contribution in [0.3, 0.4) is 0 Å². The van der Waals surface area contributed by atoms with Gasteiger partial charge in [0.1, 0.15) is 0 Å². The molecule has 1 aromatic heterocycles. The Hall–Kier alpha value is -1.52. The Balaban J connectivity index is 1.97. The monoisotopic (exact) mass is 237 g/mol. The predicted molar refractivity (Wildman–Crippen MR) is 64.9 cm³/mol. The second-order valence-corrected chi connectivity index (χ2v) is 4.58. The second-order valence-electron chi connectivity index (χ2n) is 4.58. The van der Waals surface area contributed by atoms with Crippen LogP contribution in [0.4, 0.5) is 5.95 Å². The zero-order valence-corrected chi connectivity index (χ0v) is 10.1. The van der Waals surface area contributed by atoms with Crippen LogP contribution < -0.4 is 5.32 Å². The quantitative estimate of drug-likeness (QED) is 0.840. The third-order valence-electron chi connectivity index (χ3n) is 3.41. The van der Waals surface area contributed by atoms with Gasteiger partial charge in [-0.15, -0.1) is 0 Å². The van der Waals surface area contributed by atoms with Crippen LogP contribution in [-0.4, -0.2) is 26.7 Å². The molecule has 1 aliphatic carbocycles. The molecule has 5 nitrogen and oxygen atoms in total. The number of nitrogens with one attached hydrogen (secondary N) is 1. The Morgan fingerprint density at radius 1 is 1.65 bits per heavy atom. The van der Waals surface area contributed by atoms with Gasteiger partial charge in [0.05, 0.1) is 5.92 Å². The summed E-state index contributed by atoms with van der Waals surface area (Å²) >= 11 is 0. The lowest BCUT2D eigenvalue weighted by Crippen LogP contribution is -2.31. The van der Waals surface area contributed by atoms with Crippen molar-refractivity contribution in [2.45, 2.75) is 45.2 Å². The van der Waals surface area contributed by atoms with Crippen molar-refractivity contribution in [3.05, 3.63) is 12.4 Å². The summed E-state index contributed by atoms with van der Waals surface area (Å²) in [6.45, 7) is 2.94. The highest BCUT2D eigenvalue weighted by molar-refractivity contribution is 5.70. The maximum Gasteiger partial charge on any atom is 0.306 e. The topological polar surface area (TPSA) is 67.2 Å². The van der Waals surface area contributed by atoms with Crippen molar-refractivity contribution in [1.82, 2.24) is 9.55 Å². The maximum absolute atomic E-state index is 11.0. The van der Waals surface area contributed by atoms with Gasteiger partial charge in [-0.3, -0.25) is 4.79 Å². The fourth-order valence-electron chi connectivity index (χ4n) is 2.43. The molecule has 2 atom stereocenters. The molecule has 1 aliphatic rings. The number of aryl methyl sites for hydroxylation is 1. The number of carboxylic acid groups (broad SMARTS) is 1. The molecular formula is C12H19N3O2. The first kappa shape index (κ1) is 12.0. The third kappa shape index (κ3) is 2.78. The summed E-state index contributed by atoms with van der Waals surface area (Å²) in [6, 6.07) is 0.234. The molecule has 94 valence electrons. The van der Waals surface area contributed by atoms with Crippen molar-refractivity contribution in [2.75, 3.05) is 5.32 Å². The van der Waals surface area contributed by atoms with Crippen molar-refractivity contribution in [3.63, 3.8) is 0 Å². The lowest BCUT2D eigenvalue weighted by Gasteiger charge is -2.27. The Morgan fingerprint density at radius 3 is 3.18 bits per heavy atom. The molecule has 2 rings (SSSR count). The molecule has 0 amide bonds. The Kier molecular flexibility index (Phi) is 3.66. The molecule has 1 saturated carbocycles. The summed E-state index contributed by atoms with van der Waals surface area (Å²) < 4.78 is 2.03.